The lowest BCUT2D eigenvalue weighted by Gasteiger charge is -2.28. The summed E-state index contributed by atoms with van der Waals surface area (Å²) in [6, 6.07) is 0. The van der Waals surface area contributed by atoms with Gasteiger partial charge in [-0.25, -0.2) is 0 Å². The van der Waals surface area contributed by atoms with Gasteiger partial charge in [0.15, 0.2) is 0 Å². The van der Waals surface area contributed by atoms with Crippen LogP contribution in [0.15, 0.2) is 0 Å². The number of hydrogen-bond acceptors (Lipinski definition) is 2. The molecule has 0 spiro atoms. The largest absolute Gasteiger partial charge is 0.330 e. The van der Waals surface area contributed by atoms with Crippen molar-refractivity contribution < 1.29 is 0 Å². The molecule has 1 aliphatic rings. The molecule has 0 radical (unpaired) electrons. The van der Waals surface area contributed by atoms with E-state index in [0.29, 0.717) is 11.3 Å². The third-order valence-electron chi connectivity index (χ3n) is 4.00. The molecule has 1 saturated heterocycles. The zero-order valence-electron chi connectivity index (χ0n) is 12.5. The van der Waals surface area contributed by atoms with E-state index in [1.54, 1.807) is 0 Å². The Balaban J connectivity index is 2.37. The summed E-state index contributed by atoms with van der Waals surface area (Å²) in [5.41, 5.74) is 6.33. The standard InChI is InChI=1S/C15H32N2/c1-12(2)14-6-7-17(11-14)10-13(9-16)8-15(3,4)5/h12-14H,6-11,16H2,1-5H3. The number of hydrogen-bond donors (Lipinski definition) is 1. The first-order chi connectivity index (χ1) is 7.81. The van der Waals surface area contributed by atoms with E-state index in [2.05, 4.69) is 39.5 Å². The molecule has 2 nitrogen and oxygen atoms in total. The van der Waals surface area contributed by atoms with Crippen molar-refractivity contribution in [2.75, 3.05) is 26.2 Å². The molecule has 1 aliphatic heterocycles. The van der Waals surface area contributed by atoms with Gasteiger partial charge >= 0.3 is 0 Å². The van der Waals surface area contributed by atoms with E-state index >= 15 is 0 Å². The summed E-state index contributed by atoms with van der Waals surface area (Å²) in [4.78, 5) is 2.63. The maximum atomic E-state index is 5.93. The van der Waals surface area contributed by atoms with E-state index in [4.69, 9.17) is 5.73 Å². The van der Waals surface area contributed by atoms with Crippen molar-refractivity contribution in [1.82, 2.24) is 4.90 Å². The summed E-state index contributed by atoms with van der Waals surface area (Å²) < 4.78 is 0. The summed E-state index contributed by atoms with van der Waals surface area (Å²) in [6.07, 6.45) is 2.62. The van der Waals surface area contributed by atoms with Gasteiger partial charge in [0.05, 0.1) is 0 Å². The lowest BCUT2D eigenvalue weighted by atomic mass is 9.84. The molecule has 0 bridgehead atoms. The van der Waals surface area contributed by atoms with E-state index in [-0.39, 0.29) is 0 Å². The second-order valence-electron chi connectivity index (χ2n) is 7.42. The van der Waals surface area contributed by atoms with Crippen molar-refractivity contribution in [1.29, 1.82) is 0 Å². The van der Waals surface area contributed by atoms with Gasteiger partial charge in [-0.2, -0.15) is 0 Å². The number of likely N-dealkylation sites (tertiary alicyclic amines) is 1. The first-order valence-electron chi connectivity index (χ1n) is 7.24. The highest BCUT2D eigenvalue weighted by Gasteiger charge is 2.27. The molecule has 1 rings (SSSR count). The molecule has 1 fully saturated rings. The predicted octanol–water partition coefficient (Wildman–Crippen LogP) is 2.98. The highest BCUT2D eigenvalue weighted by Crippen LogP contribution is 2.28. The van der Waals surface area contributed by atoms with Crippen LogP contribution in [0.25, 0.3) is 0 Å². The van der Waals surface area contributed by atoms with Crippen LogP contribution in [0.2, 0.25) is 0 Å². The van der Waals surface area contributed by atoms with E-state index in [1.165, 1.54) is 32.5 Å². The van der Waals surface area contributed by atoms with Crippen molar-refractivity contribution in [3.63, 3.8) is 0 Å². The Bertz CT molecular complexity index is 217. The Morgan fingerprint density at radius 3 is 2.35 bits per heavy atom. The third-order valence-corrected chi connectivity index (χ3v) is 4.00. The summed E-state index contributed by atoms with van der Waals surface area (Å²) in [5, 5.41) is 0. The molecule has 102 valence electrons. The zero-order chi connectivity index (χ0) is 13.1. The fourth-order valence-electron chi connectivity index (χ4n) is 3.03. The van der Waals surface area contributed by atoms with Crippen molar-refractivity contribution >= 4 is 0 Å². The molecule has 2 N–H and O–H groups in total. The predicted molar refractivity (Wildman–Crippen MR) is 76.0 cm³/mol. The number of nitrogens with two attached hydrogens (primary N) is 1. The van der Waals surface area contributed by atoms with Gasteiger partial charge in [0.25, 0.3) is 0 Å². The Morgan fingerprint density at radius 1 is 1.29 bits per heavy atom. The second-order valence-corrected chi connectivity index (χ2v) is 7.42. The topological polar surface area (TPSA) is 29.3 Å². The molecule has 0 aliphatic carbocycles. The molecule has 2 atom stereocenters. The fourth-order valence-corrected chi connectivity index (χ4v) is 3.03. The van der Waals surface area contributed by atoms with Crippen molar-refractivity contribution in [2.24, 2.45) is 28.9 Å². The van der Waals surface area contributed by atoms with E-state index < -0.39 is 0 Å². The number of nitrogens with zero attached hydrogens (tertiary/aromatic N) is 1. The Labute approximate surface area is 108 Å². The van der Waals surface area contributed by atoms with Crippen LogP contribution >= 0.6 is 0 Å². The molecule has 0 aromatic rings. The second kappa shape index (κ2) is 6.19. The average molecular weight is 240 g/mol. The van der Waals surface area contributed by atoms with Crippen LogP contribution in [0, 0.1) is 23.2 Å². The summed E-state index contributed by atoms with van der Waals surface area (Å²) >= 11 is 0. The first-order valence-corrected chi connectivity index (χ1v) is 7.24. The average Bonchev–Trinajstić information content (AvgIpc) is 2.63. The van der Waals surface area contributed by atoms with E-state index in [9.17, 15) is 0 Å². The molecule has 17 heavy (non-hydrogen) atoms. The Morgan fingerprint density at radius 2 is 1.94 bits per heavy atom. The van der Waals surface area contributed by atoms with Gasteiger partial charge in [-0.05, 0) is 49.1 Å². The summed E-state index contributed by atoms with van der Waals surface area (Å²) in [5.74, 6) is 2.41. The third kappa shape index (κ3) is 5.39. The highest BCUT2D eigenvalue weighted by atomic mass is 15.1. The van der Waals surface area contributed by atoms with Gasteiger partial charge in [0.2, 0.25) is 0 Å². The van der Waals surface area contributed by atoms with Crippen LogP contribution in [0.4, 0.5) is 0 Å². The van der Waals surface area contributed by atoms with Gasteiger partial charge < -0.3 is 10.6 Å². The molecule has 2 unspecified atom stereocenters. The van der Waals surface area contributed by atoms with Crippen LogP contribution in [-0.2, 0) is 0 Å². The molecule has 0 aromatic carbocycles. The van der Waals surface area contributed by atoms with Crippen molar-refractivity contribution in [2.45, 2.75) is 47.5 Å². The van der Waals surface area contributed by atoms with E-state index in [1.807, 2.05) is 0 Å². The SMILES string of the molecule is CC(C)C1CCN(CC(CN)CC(C)(C)C)C1. The highest BCUT2D eigenvalue weighted by molar-refractivity contribution is 4.81. The minimum absolute atomic E-state index is 0.404. The van der Waals surface area contributed by atoms with Crippen molar-refractivity contribution in [3.05, 3.63) is 0 Å². The molecule has 2 heteroatoms. The van der Waals surface area contributed by atoms with Crippen molar-refractivity contribution in [3.8, 4) is 0 Å². The lowest BCUT2D eigenvalue weighted by molar-refractivity contribution is 0.212. The van der Waals surface area contributed by atoms with Gasteiger partial charge in [-0.1, -0.05) is 34.6 Å². The van der Waals surface area contributed by atoms with Gasteiger partial charge in [0.1, 0.15) is 0 Å². The van der Waals surface area contributed by atoms with Crippen LogP contribution in [-0.4, -0.2) is 31.1 Å². The molecular weight excluding hydrogens is 208 g/mol. The summed E-state index contributed by atoms with van der Waals surface area (Å²) in [6.45, 7) is 16.3. The molecule has 1 heterocycles. The van der Waals surface area contributed by atoms with Crippen LogP contribution < -0.4 is 5.73 Å². The zero-order valence-corrected chi connectivity index (χ0v) is 12.5. The maximum absolute atomic E-state index is 5.93. The fraction of sp³-hybridized carbons (Fsp3) is 1.00. The van der Waals surface area contributed by atoms with Gasteiger partial charge in [0, 0.05) is 13.1 Å². The maximum Gasteiger partial charge on any atom is 0.00220 e. The monoisotopic (exact) mass is 240 g/mol. The minimum atomic E-state index is 0.404. The van der Waals surface area contributed by atoms with Crippen LogP contribution in [0.1, 0.15) is 47.5 Å². The van der Waals surface area contributed by atoms with Gasteiger partial charge in [-0.3, -0.25) is 0 Å². The summed E-state index contributed by atoms with van der Waals surface area (Å²) in [7, 11) is 0. The molecule has 0 amide bonds. The molecule has 0 aromatic heterocycles. The quantitative estimate of drug-likeness (QED) is 0.800. The normalized spacial score (nSPS) is 24.5. The van der Waals surface area contributed by atoms with E-state index in [0.717, 1.165) is 18.4 Å². The Hall–Kier alpha value is -0.0800. The minimum Gasteiger partial charge on any atom is -0.330 e. The first kappa shape index (κ1) is 15.0. The van der Waals surface area contributed by atoms with Crippen LogP contribution in [0.3, 0.4) is 0 Å². The van der Waals surface area contributed by atoms with Gasteiger partial charge in [-0.15, -0.1) is 0 Å². The lowest BCUT2D eigenvalue weighted by Crippen LogP contribution is -2.34. The smallest absolute Gasteiger partial charge is 0.00220 e. The molecular formula is C15H32N2. The molecule has 0 saturated carbocycles. The number of rotatable bonds is 5. The van der Waals surface area contributed by atoms with Crippen LogP contribution in [0.5, 0.6) is 0 Å². The Kier molecular flexibility index (Phi) is 5.46.